The van der Waals surface area contributed by atoms with Crippen molar-refractivity contribution in [3.05, 3.63) is 109 Å². The smallest absolute Gasteiger partial charge is 0.457 e. The Morgan fingerprint density at radius 1 is 0.484 bits per heavy atom. The second kappa shape index (κ2) is 49.2. The lowest BCUT2D eigenvalue weighted by Crippen LogP contribution is -2.28. The van der Waals surface area contributed by atoms with Crippen LogP contribution in [0.2, 0.25) is 0 Å². The van der Waals surface area contributed by atoms with Gasteiger partial charge < -0.3 is 20.1 Å². The second-order valence-corrected chi connectivity index (χ2v) is 17.0. The number of hydrogen-bond acceptors (Lipinski definition) is 7. The van der Waals surface area contributed by atoms with Crippen LogP contribution in [0.15, 0.2) is 109 Å². The van der Waals surface area contributed by atoms with Crippen molar-refractivity contribution in [2.75, 3.05) is 33.0 Å². The number of allylic oxidation sites excluding steroid dienone is 18. The van der Waals surface area contributed by atoms with Crippen LogP contribution in [0.25, 0.3) is 0 Å². The van der Waals surface area contributed by atoms with E-state index in [0.29, 0.717) is 13.0 Å². The van der Waals surface area contributed by atoms with Gasteiger partial charge in [-0.25, -0.2) is 4.57 Å². The maximum Gasteiger partial charge on any atom is 0.472 e. The van der Waals surface area contributed by atoms with Gasteiger partial charge in [-0.2, -0.15) is 0 Å². The van der Waals surface area contributed by atoms with Crippen molar-refractivity contribution in [3.8, 4) is 0 Å². The van der Waals surface area contributed by atoms with E-state index in [1.54, 1.807) is 0 Å². The van der Waals surface area contributed by atoms with Crippen LogP contribution in [-0.4, -0.2) is 49.9 Å². The average Bonchev–Trinajstić information content (AvgIpc) is 3.26. The van der Waals surface area contributed by atoms with Gasteiger partial charge in [0.2, 0.25) is 0 Å². The molecule has 0 aromatic carbocycles. The summed E-state index contributed by atoms with van der Waals surface area (Å²) < 4.78 is 33.5. The molecule has 0 saturated heterocycles. The summed E-state index contributed by atoms with van der Waals surface area (Å²) in [6.07, 6.45) is 66.9. The highest BCUT2D eigenvalue weighted by Gasteiger charge is 2.25. The van der Waals surface area contributed by atoms with Crippen molar-refractivity contribution in [1.82, 2.24) is 0 Å². The fourth-order valence-corrected chi connectivity index (χ4v) is 6.96. The number of phosphoric acid groups is 1. The zero-order valence-electron chi connectivity index (χ0n) is 39.3. The number of rotatable bonds is 45. The largest absolute Gasteiger partial charge is 0.472 e. The standard InChI is InChI=1S/C53H90NO7P/c1-3-5-7-9-11-13-15-17-19-21-23-25-26-27-28-30-32-34-36-38-40-42-44-46-53(55)61-52(51-60-62(56,57)59-49-47-54)50-58-48-45-43-41-39-37-35-33-31-29-24-22-20-18-16-14-12-10-8-6-4-2/h5-8,11-14,17-20,23-25,29,33,35,52H,3-4,9-10,15-16,21-22,26-28,30-32,34,36-51,54H2,1-2H3,(H,56,57)/b7-5-,8-6-,13-11-,14-12-,19-17-,20-18-,25-23-,29-24-,35-33-. The Morgan fingerprint density at radius 2 is 0.855 bits per heavy atom. The van der Waals surface area contributed by atoms with E-state index in [1.807, 2.05) is 0 Å². The number of unbranched alkanes of at least 4 members (excludes halogenated alkanes) is 14. The summed E-state index contributed by atoms with van der Waals surface area (Å²) in [5.41, 5.74) is 5.38. The zero-order chi connectivity index (χ0) is 45.1. The molecule has 0 bridgehead atoms. The molecular weight excluding hydrogens is 794 g/mol. The number of phosphoric ester groups is 1. The van der Waals surface area contributed by atoms with Gasteiger partial charge in [0.1, 0.15) is 6.10 Å². The van der Waals surface area contributed by atoms with E-state index in [4.69, 9.17) is 24.3 Å². The van der Waals surface area contributed by atoms with Crippen molar-refractivity contribution in [2.24, 2.45) is 5.73 Å². The first-order valence-electron chi connectivity index (χ1n) is 24.4. The fourth-order valence-electron chi connectivity index (χ4n) is 6.19. The molecule has 0 rings (SSSR count). The van der Waals surface area contributed by atoms with Gasteiger partial charge in [-0.3, -0.25) is 13.8 Å². The first-order valence-corrected chi connectivity index (χ1v) is 25.9. The Balaban J connectivity index is 4.06. The number of esters is 1. The Morgan fingerprint density at radius 3 is 1.27 bits per heavy atom. The highest BCUT2D eigenvalue weighted by molar-refractivity contribution is 7.47. The van der Waals surface area contributed by atoms with E-state index in [-0.39, 0.29) is 32.3 Å². The first-order chi connectivity index (χ1) is 30.4. The van der Waals surface area contributed by atoms with Crippen molar-refractivity contribution in [2.45, 2.75) is 187 Å². The average molecular weight is 884 g/mol. The van der Waals surface area contributed by atoms with E-state index in [1.165, 1.54) is 51.4 Å². The topological polar surface area (TPSA) is 117 Å². The lowest BCUT2D eigenvalue weighted by molar-refractivity contribution is -0.154. The molecule has 0 amide bonds. The van der Waals surface area contributed by atoms with Crippen LogP contribution >= 0.6 is 7.82 Å². The summed E-state index contributed by atoms with van der Waals surface area (Å²) in [5.74, 6) is -0.349. The molecule has 9 heteroatoms. The van der Waals surface area contributed by atoms with Crippen LogP contribution in [0.4, 0.5) is 0 Å². The van der Waals surface area contributed by atoms with Crippen molar-refractivity contribution >= 4 is 13.8 Å². The lowest BCUT2D eigenvalue weighted by Gasteiger charge is -2.20. The van der Waals surface area contributed by atoms with Gasteiger partial charge in [0, 0.05) is 19.6 Å². The minimum absolute atomic E-state index is 0.0888. The third kappa shape index (κ3) is 48.2. The maximum atomic E-state index is 12.7. The Bertz CT molecular complexity index is 1310. The van der Waals surface area contributed by atoms with Gasteiger partial charge in [0.05, 0.1) is 19.8 Å². The van der Waals surface area contributed by atoms with E-state index >= 15 is 0 Å². The number of nitrogens with two attached hydrogens (primary N) is 1. The zero-order valence-corrected chi connectivity index (χ0v) is 40.2. The Kier molecular flexibility index (Phi) is 46.9. The van der Waals surface area contributed by atoms with Crippen molar-refractivity contribution < 1.29 is 32.8 Å². The summed E-state index contributed by atoms with van der Waals surface area (Å²) in [5, 5.41) is 0. The quantitative estimate of drug-likeness (QED) is 0.0269. The summed E-state index contributed by atoms with van der Waals surface area (Å²) in [4.78, 5) is 22.6. The van der Waals surface area contributed by atoms with E-state index < -0.39 is 13.9 Å². The molecule has 3 N–H and O–H groups in total. The Labute approximate surface area is 380 Å². The SMILES string of the molecule is CC/C=C\C/C=C\C/C=C\C/C=C\C/C=C\CCCCCCOCC(COP(=O)(O)OCCN)OC(=O)CCCCCCCCCCCC/C=C\C/C=C\C/C=C\C/C=C\CC. The highest BCUT2D eigenvalue weighted by Crippen LogP contribution is 2.43. The minimum Gasteiger partial charge on any atom is -0.457 e. The first kappa shape index (κ1) is 59.2. The fraction of sp³-hybridized carbons (Fsp3) is 0.642. The molecule has 0 saturated carbocycles. The molecular formula is C53H90NO7P. The molecule has 0 aromatic rings. The van der Waals surface area contributed by atoms with Crippen molar-refractivity contribution in [3.63, 3.8) is 0 Å². The summed E-state index contributed by atoms with van der Waals surface area (Å²) in [6.45, 7) is 4.61. The van der Waals surface area contributed by atoms with Gasteiger partial charge in [0.25, 0.3) is 0 Å². The highest BCUT2D eigenvalue weighted by atomic mass is 31.2. The molecule has 62 heavy (non-hydrogen) atoms. The molecule has 0 aliphatic carbocycles. The molecule has 0 aliphatic heterocycles. The van der Waals surface area contributed by atoms with Gasteiger partial charge in [-0.15, -0.1) is 0 Å². The summed E-state index contributed by atoms with van der Waals surface area (Å²) in [6, 6.07) is 0. The molecule has 0 heterocycles. The van der Waals surface area contributed by atoms with Crippen LogP contribution < -0.4 is 5.73 Å². The van der Waals surface area contributed by atoms with E-state index in [9.17, 15) is 14.3 Å². The minimum atomic E-state index is -4.30. The normalized spacial score (nSPS) is 14.3. The van der Waals surface area contributed by atoms with Gasteiger partial charge in [0.15, 0.2) is 0 Å². The number of hydrogen-bond donors (Lipinski definition) is 2. The number of carbonyl (C=O) groups excluding carboxylic acids is 1. The number of carbonyl (C=O) groups is 1. The molecule has 0 aromatic heterocycles. The van der Waals surface area contributed by atoms with Gasteiger partial charge >= 0.3 is 13.8 Å². The molecule has 0 radical (unpaired) electrons. The summed E-state index contributed by atoms with van der Waals surface area (Å²) in [7, 11) is -4.30. The van der Waals surface area contributed by atoms with E-state index in [2.05, 4.69) is 123 Å². The maximum absolute atomic E-state index is 12.7. The van der Waals surface area contributed by atoms with Crippen LogP contribution in [0.1, 0.15) is 181 Å². The van der Waals surface area contributed by atoms with Crippen molar-refractivity contribution in [1.29, 1.82) is 0 Å². The van der Waals surface area contributed by atoms with Crippen LogP contribution in [0, 0.1) is 0 Å². The molecule has 0 aliphatic rings. The molecule has 0 spiro atoms. The second-order valence-electron chi connectivity index (χ2n) is 15.6. The number of ether oxygens (including phenoxy) is 2. The molecule has 0 fully saturated rings. The lowest BCUT2D eigenvalue weighted by atomic mass is 10.0. The molecule has 8 nitrogen and oxygen atoms in total. The van der Waals surface area contributed by atoms with Crippen LogP contribution in [0.3, 0.4) is 0 Å². The molecule has 2 atom stereocenters. The van der Waals surface area contributed by atoms with Crippen LogP contribution in [0.5, 0.6) is 0 Å². The predicted octanol–water partition coefficient (Wildman–Crippen LogP) is 15.2. The monoisotopic (exact) mass is 884 g/mol. The third-order valence-electron chi connectivity index (χ3n) is 9.69. The van der Waals surface area contributed by atoms with Gasteiger partial charge in [-0.05, 0) is 96.3 Å². The summed E-state index contributed by atoms with van der Waals surface area (Å²) >= 11 is 0. The van der Waals surface area contributed by atoms with Gasteiger partial charge in [-0.1, -0.05) is 187 Å². The predicted molar refractivity (Wildman–Crippen MR) is 265 cm³/mol. The Hall–Kier alpha value is -2.84. The van der Waals surface area contributed by atoms with E-state index in [0.717, 1.165) is 109 Å². The third-order valence-corrected chi connectivity index (χ3v) is 10.7. The molecule has 2 unspecified atom stereocenters. The molecule has 354 valence electrons. The van der Waals surface area contributed by atoms with Crippen LogP contribution in [-0.2, 0) is 27.9 Å².